The molecule has 1 aliphatic carbocycles. The van der Waals surface area contributed by atoms with Gasteiger partial charge in [-0.25, -0.2) is 9.37 Å². The molecule has 2 aromatic heterocycles. The molecule has 0 saturated heterocycles. The molecule has 3 aromatic rings. The number of aromatic amines is 1. The Labute approximate surface area is 154 Å². The fourth-order valence-electron chi connectivity index (χ4n) is 4.66. The van der Waals surface area contributed by atoms with Crippen molar-refractivity contribution in [2.75, 3.05) is 0 Å². The number of pyridine rings is 1. The summed E-state index contributed by atoms with van der Waals surface area (Å²) in [6.07, 6.45) is 7.81. The second-order valence-electron chi connectivity index (χ2n) is 8.34. The summed E-state index contributed by atoms with van der Waals surface area (Å²) in [4.78, 5) is 7.73. The van der Waals surface area contributed by atoms with E-state index in [1.54, 1.807) is 6.07 Å². The van der Waals surface area contributed by atoms with Gasteiger partial charge in [-0.1, -0.05) is 69.9 Å². The second-order valence-corrected chi connectivity index (χ2v) is 8.34. The zero-order valence-corrected chi connectivity index (χ0v) is 15.6. The van der Waals surface area contributed by atoms with E-state index in [0.717, 1.165) is 23.4 Å². The highest BCUT2D eigenvalue weighted by molar-refractivity contribution is 5.76. The third-order valence-corrected chi connectivity index (χ3v) is 6.27. The van der Waals surface area contributed by atoms with Gasteiger partial charge in [0.25, 0.3) is 0 Å². The van der Waals surface area contributed by atoms with Crippen molar-refractivity contribution in [3.05, 3.63) is 65.7 Å². The van der Waals surface area contributed by atoms with Crippen LogP contribution in [0.1, 0.15) is 63.1 Å². The molecule has 4 rings (SSSR count). The Bertz CT molecular complexity index is 876. The molecule has 3 heteroatoms. The lowest BCUT2D eigenvalue weighted by Gasteiger charge is -2.36. The van der Waals surface area contributed by atoms with Crippen molar-refractivity contribution in [1.82, 2.24) is 9.97 Å². The van der Waals surface area contributed by atoms with Crippen molar-refractivity contribution in [1.29, 1.82) is 0 Å². The normalized spacial score (nSPS) is 17.0. The van der Waals surface area contributed by atoms with Crippen molar-refractivity contribution in [3.63, 3.8) is 0 Å². The van der Waals surface area contributed by atoms with Crippen molar-refractivity contribution < 1.29 is 4.39 Å². The molecule has 1 fully saturated rings. The molecule has 0 spiro atoms. The molecule has 1 saturated carbocycles. The summed E-state index contributed by atoms with van der Waals surface area (Å²) in [5.41, 5.74) is 3.30. The van der Waals surface area contributed by atoms with Crippen molar-refractivity contribution >= 4 is 11.0 Å². The predicted molar refractivity (Wildman–Crippen MR) is 105 cm³/mol. The fraction of sp³-hybridized carbons (Fsp3) is 0.435. The lowest BCUT2D eigenvalue weighted by molar-refractivity contribution is 0.327. The van der Waals surface area contributed by atoms with Gasteiger partial charge in [0, 0.05) is 17.0 Å². The SMILES string of the molecule is CC(C)(c1ccccc1)C(CC1CCCC1)c1cc2cc(F)cnc2[nH]1. The number of benzene rings is 1. The molecule has 1 atom stereocenters. The Hall–Kier alpha value is -2.16. The topological polar surface area (TPSA) is 28.7 Å². The highest BCUT2D eigenvalue weighted by atomic mass is 19.1. The summed E-state index contributed by atoms with van der Waals surface area (Å²) in [7, 11) is 0. The summed E-state index contributed by atoms with van der Waals surface area (Å²) in [6, 6.07) is 14.4. The summed E-state index contributed by atoms with van der Waals surface area (Å²) in [5, 5.41) is 0.861. The van der Waals surface area contributed by atoms with Crippen LogP contribution in [-0.2, 0) is 5.41 Å². The smallest absolute Gasteiger partial charge is 0.142 e. The zero-order chi connectivity index (χ0) is 18.1. The first kappa shape index (κ1) is 17.3. The highest BCUT2D eigenvalue weighted by Gasteiger charge is 2.36. The van der Waals surface area contributed by atoms with Crippen LogP contribution in [0, 0.1) is 11.7 Å². The van der Waals surface area contributed by atoms with E-state index >= 15 is 0 Å². The van der Waals surface area contributed by atoms with Gasteiger partial charge in [-0.05, 0) is 35.4 Å². The first-order valence-corrected chi connectivity index (χ1v) is 9.74. The van der Waals surface area contributed by atoms with Crippen molar-refractivity contribution in [3.8, 4) is 0 Å². The van der Waals surface area contributed by atoms with E-state index in [4.69, 9.17) is 0 Å². The number of nitrogens with one attached hydrogen (secondary N) is 1. The minimum atomic E-state index is -0.280. The second kappa shape index (κ2) is 6.86. The maximum atomic E-state index is 13.6. The van der Waals surface area contributed by atoms with Crippen LogP contribution in [0.25, 0.3) is 11.0 Å². The monoisotopic (exact) mass is 350 g/mol. The van der Waals surface area contributed by atoms with E-state index in [9.17, 15) is 4.39 Å². The van der Waals surface area contributed by atoms with Crippen LogP contribution in [0.3, 0.4) is 0 Å². The van der Waals surface area contributed by atoms with Gasteiger partial charge < -0.3 is 4.98 Å². The molecule has 0 aliphatic heterocycles. The molecule has 0 amide bonds. The van der Waals surface area contributed by atoms with Gasteiger partial charge in [0.1, 0.15) is 11.5 Å². The van der Waals surface area contributed by atoms with Gasteiger partial charge in [-0.2, -0.15) is 0 Å². The zero-order valence-electron chi connectivity index (χ0n) is 15.6. The van der Waals surface area contributed by atoms with E-state index in [0.29, 0.717) is 5.92 Å². The van der Waals surface area contributed by atoms with Gasteiger partial charge in [0.2, 0.25) is 0 Å². The molecule has 1 N–H and O–H groups in total. The Balaban J connectivity index is 1.76. The molecule has 1 aromatic carbocycles. The number of rotatable bonds is 5. The van der Waals surface area contributed by atoms with Crippen LogP contribution in [-0.4, -0.2) is 9.97 Å². The summed E-state index contributed by atoms with van der Waals surface area (Å²) in [5.74, 6) is 0.849. The van der Waals surface area contributed by atoms with Gasteiger partial charge in [0.15, 0.2) is 0 Å². The average Bonchev–Trinajstić information content (AvgIpc) is 3.29. The molecule has 0 bridgehead atoms. The highest BCUT2D eigenvalue weighted by Crippen LogP contribution is 2.45. The number of H-pyrrole nitrogens is 1. The number of fused-ring (bicyclic) bond motifs is 1. The molecule has 2 nitrogen and oxygen atoms in total. The Kier molecular flexibility index (Phi) is 4.56. The van der Waals surface area contributed by atoms with Crippen LogP contribution in [0.5, 0.6) is 0 Å². The first-order chi connectivity index (χ1) is 12.5. The van der Waals surface area contributed by atoms with Crippen LogP contribution < -0.4 is 0 Å². The quantitative estimate of drug-likeness (QED) is 0.571. The summed E-state index contributed by atoms with van der Waals surface area (Å²) >= 11 is 0. The van der Waals surface area contributed by atoms with Crippen LogP contribution in [0.15, 0.2) is 48.7 Å². The standard InChI is InChI=1S/C23H27FN2/c1-23(2,18-10-4-3-5-11-18)20(12-16-8-6-7-9-16)21-14-17-13-19(24)15-25-22(17)26-21/h3-5,10-11,13-16,20H,6-9,12H2,1-2H3,(H,25,26). The fourth-order valence-corrected chi connectivity index (χ4v) is 4.66. The Morgan fingerprint density at radius 1 is 1.15 bits per heavy atom. The molecule has 1 aliphatic rings. The Morgan fingerprint density at radius 3 is 2.62 bits per heavy atom. The van der Waals surface area contributed by atoms with E-state index in [1.807, 2.05) is 0 Å². The predicted octanol–water partition coefficient (Wildman–Crippen LogP) is 6.34. The largest absolute Gasteiger partial charge is 0.343 e. The Morgan fingerprint density at radius 2 is 1.88 bits per heavy atom. The molecular formula is C23H27FN2. The van der Waals surface area contributed by atoms with E-state index < -0.39 is 0 Å². The van der Waals surface area contributed by atoms with Gasteiger partial charge in [0.05, 0.1) is 6.20 Å². The third-order valence-electron chi connectivity index (χ3n) is 6.27. The summed E-state index contributed by atoms with van der Waals surface area (Å²) < 4.78 is 13.6. The molecule has 26 heavy (non-hydrogen) atoms. The van der Waals surface area contributed by atoms with Gasteiger partial charge in [-0.15, -0.1) is 0 Å². The first-order valence-electron chi connectivity index (χ1n) is 9.74. The minimum Gasteiger partial charge on any atom is -0.343 e. The number of nitrogens with zero attached hydrogens (tertiary/aromatic N) is 1. The number of halogens is 1. The lowest BCUT2D eigenvalue weighted by atomic mass is 9.68. The molecule has 2 heterocycles. The minimum absolute atomic E-state index is 0.0106. The molecule has 0 radical (unpaired) electrons. The number of hydrogen-bond acceptors (Lipinski definition) is 1. The maximum Gasteiger partial charge on any atom is 0.142 e. The van der Waals surface area contributed by atoms with E-state index in [-0.39, 0.29) is 11.2 Å². The third kappa shape index (κ3) is 3.27. The summed E-state index contributed by atoms with van der Waals surface area (Å²) in [6.45, 7) is 4.67. The van der Waals surface area contributed by atoms with E-state index in [1.165, 1.54) is 43.1 Å². The van der Waals surface area contributed by atoms with Crippen LogP contribution in [0.2, 0.25) is 0 Å². The van der Waals surface area contributed by atoms with Gasteiger partial charge >= 0.3 is 0 Å². The number of hydrogen-bond donors (Lipinski definition) is 1. The molecule has 136 valence electrons. The average molecular weight is 350 g/mol. The maximum absolute atomic E-state index is 13.6. The molecular weight excluding hydrogens is 323 g/mol. The van der Waals surface area contributed by atoms with Crippen LogP contribution in [0.4, 0.5) is 4.39 Å². The van der Waals surface area contributed by atoms with Crippen LogP contribution >= 0.6 is 0 Å². The van der Waals surface area contributed by atoms with Gasteiger partial charge in [-0.3, -0.25) is 0 Å². The van der Waals surface area contributed by atoms with Crippen molar-refractivity contribution in [2.45, 2.75) is 57.3 Å². The van der Waals surface area contributed by atoms with Crippen molar-refractivity contribution in [2.24, 2.45) is 5.92 Å². The number of aromatic nitrogens is 2. The molecule has 1 unspecified atom stereocenters. The lowest BCUT2D eigenvalue weighted by Crippen LogP contribution is -2.29. The van der Waals surface area contributed by atoms with E-state index in [2.05, 4.69) is 60.2 Å².